The summed E-state index contributed by atoms with van der Waals surface area (Å²) < 4.78 is 5.30. The first-order valence-electron chi connectivity index (χ1n) is 7.35. The lowest BCUT2D eigenvalue weighted by Crippen LogP contribution is -2.44. The van der Waals surface area contributed by atoms with Gasteiger partial charge in [-0.2, -0.15) is 0 Å². The number of rotatable bonds is 7. The SMILES string of the molecule is CCc1cnc(C(C)NCC(O)CN2CCOCC2)s1. The van der Waals surface area contributed by atoms with Gasteiger partial charge in [-0.15, -0.1) is 11.3 Å². The number of nitrogens with one attached hydrogen (secondary N) is 1. The minimum absolute atomic E-state index is 0.194. The van der Waals surface area contributed by atoms with Gasteiger partial charge in [-0.3, -0.25) is 4.90 Å². The minimum Gasteiger partial charge on any atom is -0.390 e. The van der Waals surface area contributed by atoms with E-state index in [1.165, 1.54) is 4.88 Å². The highest BCUT2D eigenvalue weighted by Crippen LogP contribution is 2.20. The maximum atomic E-state index is 10.1. The number of ether oxygens (including phenoxy) is 1. The van der Waals surface area contributed by atoms with Crippen LogP contribution in [-0.2, 0) is 11.2 Å². The molecule has 1 fully saturated rings. The molecule has 1 saturated heterocycles. The highest BCUT2D eigenvalue weighted by Gasteiger charge is 2.16. The molecule has 2 rings (SSSR count). The van der Waals surface area contributed by atoms with Crippen molar-refractivity contribution in [3.8, 4) is 0 Å². The van der Waals surface area contributed by atoms with Crippen LogP contribution in [0.4, 0.5) is 0 Å². The Labute approximate surface area is 125 Å². The predicted molar refractivity (Wildman–Crippen MR) is 81.2 cm³/mol. The Morgan fingerprint density at radius 1 is 1.50 bits per heavy atom. The van der Waals surface area contributed by atoms with E-state index in [-0.39, 0.29) is 12.1 Å². The first-order valence-corrected chi connectivity index (χ1v) is 8.16. The second-order valence-electron chi connectivity index (χ2n) is 5.22. The van der Waals surface area contributed by atoms with Gasteiger partial charge in [0.1, 0.15) is 5.01 Å². The number of morpholine rings is 1. The zero-order valence-electron chi connectivity index (χ0n) is 12.3. The lowest BCUT2D eigenvalue weighted by molar-refractivity contribution is 0.0145. The van der Waals surface area contributed by atoms with Crippen molar-refractivity contribution in [1.82, 2.24) is 15.2 Å². The number of aromatic nitrogens is 1. The van der Waals surface area contributed by atoms with Gasteiger partial charge in [0.25, 0.3) is 0 Å². The van der Waals surface area contributed by atoms with E-state index in [1.54, 1.807) is 11.3 Å². The average Bonchev–Trinajstić information content (AvgIpc) is 2.95. The molecule has 0 radical (unpaired) electrons. The summed E-state index contributed by atoms with van der Waals surface area (Å²) in [4.78, 5) is 7.98. The molecule has 1 aliphatic rings. The quantitative estimate of drug-likeness (QED) is 0.788. The normalized spacial score (nSPS) is 19.9. The largest absolute Gasteiger partial charge is 0.390 e. The summed E-state index contributed by atoms with van der Waals surface area (Å²) in [5, 5.41) is 14.5. The summed E-state index contributed by atoms with van der Waals surface area (Å²) in [5.74, 6) is 0. The van der Waals surface area contributed by atoms with E-state index in [9.17, 15) is 5.11 Å². The van der Waals surface area contributed by atoms with Crippen molar-refractivity contribution < 1.29 is 9.84 Å². The van der Waals surface area contributed by atoms with E-state index < -0.39 is 0 Å². The molecule has 6 heteroatoms. The van der Waals surface area contributed by atoms with Crippen molar-refractivity contribution in [2.24, 2.45) is 0 Å². The van der Waals surface area contributed by atoms with Crippen LogP contribution in [0.2, 0.25) is 0 Å². The van der Waals surface area contributed by atoms with E-state index in [0.29, 0.717) is 13.1 Å². The molecular formula is C14H25N3O2S. The second kappa shape index (κ2) is 8.05. The fraction of sp³-hybridized carbons (Fsp3) is 0.786. The number of aryl methyl sites for hydroxylation is 1. The summed E-state index contributed by atoms with van der Waals surface area (Å²) in [6, 6.07) is 0.194. The molecule has 114 valence electrons. The Balaban J connectivity index is 1.70. The van der Waals surface area contributed by atoms with Gasteiger partial charge in [-0.1, -0.05) is 6.92 Å². The van der Waals surface area contributed by atoms with Gasteiger partial charge in [0.2, 0.25) is 0 Å². The van der Waals surface area contributed by atoms with Gasteiger partial charge in [-0.05, 0) is 13.3 Å². The number of hydrogen-bond acceptors (Lipinski definition) is 6. The number of β-amino-alcohol motifs (C(OH)–C–C–N with tert-alkyl or cyclic N) is 1. The monoisotopic (exact) mass is 299 g/mol. The molecule has 1 aromatic rings. The minimum atomic E-state index is -0.346. The molecule has 5 nitrogen and oxygen atoms in total. The van der Waals surface area contributed by atoms with Gasteiger partial charge in [0.15, 0.2) is 0 Å². The Morgan fingerprint density at radius 3 is 2.90 bits per heavy atom. The third kappa shape index (κ3) is 4.79. The molecule has 0 aromatic carbocycles. The van der Waals surface area contributed by atoms with Crippen LogP contribution in [0.1, 0.15) is 29.8 Å². The molecule has 0 aliphatic carbocycles. The topological polar surface area (TPSA) is 57.6 Å². The lowest BCUT2D eigenvalue weighted by atomic mass is 10.2. The van der Waals surface area contributed by atoms with Gasteiger partial charge >= 0.3 is 0 Å². The fourth-order valence-corrected chi connectivity index (χ4v) is 3.12. The van der Waals surface area contributed by atoms with Crippen LogP contribution in [0.5, 0.6) is 0 Å². The first-order chi connectivity index (χ1) is 9.69. The number of thiazole rings is 1. The summed E-state index contributed by atoms with van der Waals surface area (Å²) >= 11 is 1.75. The fourth-order valence-electron chi connectivity index (χ4n) is 2.23. The smallest absolute Gasteiger partial charge is 0.109 e. The number of aliphatic hydroxyl groups excluding tert-OH is 1. The zero-order chi connectivity index (χ0) is 14.4. The van der Waals surface area contributed by atoms with E-state index in [2.05, 4.69) is 29.0 Å². The van der Waals surface area contributed by atoms with E-state index in [0.717, 1.165) is 37.7 Å². The van der Waals surface area contributed by atoms with E-state index in [4.69, 9.17) is 4.74 Å². The maximum absolute atomic E-state index is 10.1. The predicted octanol–water partition coefficient (Wildman–Crippen LogP) is 1.05. The molecule has 0 bridgehead atoms. The van der Waals surface area contributed by atoms with Crippen molar-refractivity contribution in [3.05, 3.63) is 16.1 Å². The molecule has 0 spiro atoms. The molecule has 1 aromatic heterocycles. The molecular weight excluding hydrogens is 274 g/mol. The molecule has 2 heterocycles. The second-order valence-corrected chi connectivity index (χ2v) is 6.36. The molecule has 0 saturated carbocycles. The Kier molecular flexibility index (Phi) is 6.38. The van der Waals surface area contributed by atoms with Gasteiger partial charge in [-0.25, -0.2) is 4.98 Å². The number of nitrogens with zero attached hydrogens (tertiary/aromatic N) is 2. The maximum Gasteiger partial charge on any atom is 0.109 e. The molecule has 2 N–H and O–H groups in total. The van der Waals surface area contributed by atoms with Gasteiger partial charge in [0, 0.05) is 37.3 Å². The zero-order valence-corrected chi connectivity index (χ0v) is 13.2. The van der Waals surface area contributed by atoms with Crippen LogP contribution in [-0.4, -0.2) is 60.5 Å². The van der Waals surface area contributed by atoms with Crippen LogP contribution in [0.3, 0.4) is 0 Å². The standard InChI is InChI=1S/C14H25N3O2S/c1-3-13-9-16-14(20-13)11(2)15-8-12(18)10-17-4-6-19-7-5-17/h9,11-12,15,18H,3-8,10H2,1-2H3. The van der Waals surface area contributed by atoms with Crippen LogP contribution in [0, 0.1) is 0 Å². The third-order valence-electron chi connectivity index (χ3n) is 3.52. The molecule has 20 heavy (non-hydrogen) atoms. The van der Waals surface area contributed by atoms with Crippen molar-refractivity contribution in [2.75, 3.05) is 39.4 Å². The van der Waals surface area contributed by atoms with E-state index >= 15 is 0 Å². The van der Waals surface area contributed by atoms with Gasteiger partial charge < -0.3 is 15.2 Å². The van der Waals surface area contributed by atoms with Crippen LogP contribution in [0.15, 0.2) is 6.20 Å². The lowest BCUT2D eigenvalue weighted by Gasteiger charge is -2.28. The Hall–Kier alpha value is -0.530. The molecule has 2 unspecified atom stereocenters. The molecule has 1 aliphatic heterocycles. The van der Waals surface area contributed by atoms with Crippen molar-refractivity contribution >= 4 is 11.3 Å². The van der Waals surface area contributed by atoms with Crippen molar-refractivity contribution in [3.63, 3.8) is 0 Å². The Morgan fingerprint density at radius 2 is 2.25 bits per heavy atom. The molecule has 0 amide bonds. The Bertz CT molecular complexity index is 394. The average molecular weight is 299 g/mol. The van der Waals surface area contributed by atoms with Crippen LogP contribution >= 0.6 is 11.3 Å². The van der Waals surface area contributed by atoms with E-state index in [1.807, 2.05) is 6.20 Å². The van der Waals surface area contributed by atoms with Crippen molar-refractivity contribution in [1.29, 1.82) is 0 Å². The number of aliphatic hydroxyl groups is 1. The third-order valence-corrected chi connectivity index (χ3v) is 4.85. The summed E-state index contributed by atoms with van der Waals surface area (Å²) in [6.45, 7) is 8.92. The van der Waals surface area contributed by atoms with Gasteiger partial charge in [0.05, 0.1) is 25.4 Å². The number of hydrogen-bond donors (Lipinski definition) is 2. The molecule has 2 atom stereocenters. The summed E-state index contributed by atoms with van der Waals surface area (Å²) in [7, 11) is 0. The summed E-state index contributed by atoms with van der Waals surface area (Å²) in [5.41, 5.74) is 0. The summed E-state index contributed by atoms with van der Waals surface area (Å²) in [6.07, 6.45) is 2.63. The van der Waals surface area contributed by atoms with Crippen molar-refractivity contribution in [2.45, 2.75) is 32.4 Å². The first kappa shape index (κ1) is 15.9. The van der Waals surface area contributed by atoms with Crippen LogP contribution in [0.25, 0.3) is 0 Å². The highest BCUT2D eigenvalue weighted by atomic mass is 32.1. The van der Waals surface area contributed by atoms with Crippen LogP contribution < -0.4 is 5.32 Å². The highest BCUT2D eigenvalue weighted by molar-refractivity contribution is 7.11.